The molecule has 1 fully saturated rings. The van der Waals surface area contributed by atoms with Crippen LogP contribution in [0.3, 0.4) is 0 Å². The van der Waals surface area contributed by atoms with Gasteiger partial charge in [-0.25, -0.2) is 4.39 Å². The fourth-order valence-corrected chi connectivity index (χ4v) is 1.84. The highest BCUT2D eigenvalue weighted by Gasteiger charge is 2.30. The largest absolute Gasteiger partial charge is 0.487 e. The molecule has 0 aromatic heterocycles. The van der Waals surface area contributed by atoms with Gasteiger partial charge >= 0.3 is 0 Å². The zero-order valence-electron chi connectivity index (χ0n) is 9.38. The van der Waals surface area contributed by atoms with E-state index >= 15 is 0 Å². The maximum Gasteiger partial charge on any atom is 0.200 e. The Kier molecular flexibility index (Phi) is 3.59. The Morgan fingerprint density at radius 3 is 2.71 bits per heavy atom. The standard InChI is InChI=1S/C12H15F2NO2/c13-9-2-1-3-10(11(9)14)17-8-12(16)4-6-15-7-5-12/h1-3,15-16H,4-8H2. The number of hydrogen-bond donors (Lipinski definition) is 2. The van der Waals surface area contributed by atoms with E-state index in [0.717, 1.165) is 6.07 Å². The molecule has 1 heterocycles. The van der Waals surface area contributed by atoms with E-state index in [-0.39, 0.29) is 12.4 Å². The highest BCUT2D eigenvalue weighted by atomic mass is 19.2. The molecule has 1 aliphatic heterocycles. The first-order chi connectivity index (χ1) is 8.11. The van der Waals surface area contributed by atoms with Crippen molar-refractivity contribution in [2.24, 2.45) is 0 Å². The molecule has 0 aliphatic carbocycles. The molecule has 94 valence electrons. The van der Waals surface area contributed by atoms with Crippen LogP contribution in [0.1, 0.15) is 12.8 Å². The first-order valence-electron chi connectivity index (χ1n) is 5.61. The lowest BCUT2D eigenvalue weighted by atomic mass is 9.93. The van der Waals surface area contributed by atoms with E-state index in [1.165, 1.54) is 12.1 Å². The van der Waals surface area contributed by atoms with Crippen LogP contribution >= 0.6 is 0 Å². The van der Waals surface area contributed by atoms with E-state index in [2.05, 4.69) is 5.32 Å². The van der Waals surface area contributed by atoms with E-state index in [1.807, 2.05) is 0 Å². The summed E-state index contributed by atoms with van der Waals surface area (Å²) in [5.41, 5.74) is -0.954. The third-order valence-corrected chi connectivity index (χ3v) is 2.95. The second kappa shape index (κ2) is 4.98. The Labute approximate surface area is 98.4 Å². The summed E-state index contributed by atoms with van der Waals surface area (Å²) >= 11 is 0. The van der Waals surface area contributed by atoms with Gasteiger partial charge in [0.15, 0.2) is 11.6 Å². The molecule has 0 radical (unpaired) electrons. The van der Waals surface area contributed by atoms with Gasteiger partial charge in [0.05, 0.1) is 0 Å². The summed E-state index contributed by atoms with van der Waals surface area (Å²) < 4.78 is 31.4. The molecule has 0 atom stereocenters. The van der Waals surface area contributed by atoms with Crippen LogP contribution in [-0.2, 0) is 0 Å². The van der Waals surface area contributed by atoms with Crippen LogP contribution in [0.15, 0.2) is 18.2 Å². The van der Waals surface area contributed by atoms with E-state index < -0.39 is 17.2 Å². The monoisotopic (exact) mass is 243 g/mol. The maximum absolute atomic E-state index is 13.3. The molecular formula is C12H15F2NO2. The van der Waals surface area contributed by atoms with Gasteiger partial charge in [-0.15, -0.1) is 0 Å². The highest BCUT2D eigenvalue weighted by molar-refractivity contribution is 5.25. The molecule has 1 aromatic carbocycles. The SMILES string of the molecule is OC1(COc2cccc(F)c2F)CCNCC1. The first kappa shape index (κ1) is 12.3. The highest BCUT2D eigenvalue weighted by Crippen LogP contribution is 2.23. The molecule has 2 N–H and O–H groups in total. The number of ether oxygens (including phenoxy) is 1. The number of halogens is 2. The number of hydrogen-bond acceptors (Lipinski definition) is 3. The van der Waals surface area contributed by atoms with Crippen molar-refractivity contribution in [1.82, 2.24) is 5.32 Å². The lowest BCUT2D eigenvalue weighted by molar-refractivity contribution is -0.0295. The van der Waals surface area contributed by atoms with Crippen LogP contribution in [0.4, 0.5) is 8.78 Å². The van der Waals surface area contributed by atoms with Crippen LogP contribution in [0, 0.1) is 11.6 Å². The summed E-state index contributed by atoms with van der Waals surface area (Å²) in [7, 11) is 0. The maximum atomic E-state index is 13.3. The predicted molar refractivity (Wildman–Crippen MR) is 58.9 cm³/mol. The molecular weight excluding hydrogens is 228 g/mol. The molecule has 1 aromatic rings. The van der Waals surface area contributed by atoms with E-state index in [4.69, 9.17) is 4.74 Å². The van der Waals surface area contributed by atoms with Crippen LogP contribution < -0.4 is 10.1 Å². The van der Waals surface area contributed by atoms with Gasteiger partial charge in [0.25, 0.3) is 0 Å². The Bertz CT molecular complexity index is 392. The van der Waals surface area contributed by atoms with Crippen LogP contribution in [0.2, 0.25) is 0 Å². The van der Waals surface area contributed by atoms with Crippen LogP contribution in [-0.4, -0.2) is 30.4 Å². The Morgan fingerprint density at radius 2 is 2.00 bits per heavy atom. The van der Waals surface area contributed by atoms with Gasteiger partial charge in [-0.3, -0.25) is 0 Å². The van der Waals surface area contributed by atoms with Gasteiger partial charge in [0.2, 0.25) is 5.82 Å². The Morgan fingerprint density at radius 1 is 1.29 bits per heavy atom. The molecule has 0 bridgehead atoms. The second-order valence-electron chi connectivity index (χ2n) is 4.31. The smallest absolute Gasteiger partial charge is 0.200 e. The molecule has 3 nitrogen and oxygen atoms in total. The average molecular weight is 243 g/mol. The topological polar surface area (TPSA) is 41.5 Å². The summed E-state index contributed by atoms with van der Waals surface area (Å²) in [5, 5.41) is 13.2. The minimum absolute atomic E-state index is 0.0188. The molecule has 0 amide bonds. The van der Waals surface area contributed by atoms with Gasteiger partial charge in [-0.1, -0.05) is 6.07 Å². The number of piperidine rings is 1. The molecule has 1 aliphatic rings. The summed E-state index contributed by atoms with van der Waals surface area (Å²) in [6.07, 6.45) is 1.09. The van der Waals surface area contributed by atoms with Gasteiger partial charge in [0.1, 0.15) is 12.2 Å². The van der Waals surface area contributed by atoms with Gasteiger partial charge in [-0.05, 0) is 38.1 Å². The fraction of sp³-hybridized carbons (Fsp3) is 0.500. The lowest BCUT2D eigenvalue weighted by Gasteiger charge is -2.32. The summed E-state index contributed by atoms with van der Waals surface area (Å²) in [5.74, 6) is -2.11. The fourth-order valence-electron chi connectivity index (χ4n) is 1.84. The second-order valence-corrected chi connectivity index (χ2v) is 4.31. The van der Waals surface area contributed by atoms with E-state index in [1.54, 1.807) is 0 Å². The number of rotatable bonds is 3. The van der Waals surface area contributed by atoms with E-state index in [9.17, 15) is 13.9 Å². The Hall–Kier alpha value is -1.20. The lowest BCUT2D eigenvalue weighted by Crippen LogP contribution is -2.46. The molecule has 2 rings (SSSR count). The number of benzene rings is 1. The molecule has 0 unspecified atom stereocenters. The number of nitrogens with one attached hydrogen (secondary N) is 1. The minimum atomic E-state index is -1.01. The van der Waals surface area contributed by atoms with Crippen molar-refractivity contribution in [2.75, 3.05) is 19.7 Å². The van der Waals surface area contributed by atoms with Crippen molar-refractivity contribution >= 4 is 0 Å². The zero-order valence-corrected chi connectivity index (χ0v) is 9.38. The average Bonchev–Trinajstić information content (AvgIpc) is 2.32. The summed E-state index contributed by atoms with van der Waals surface area (Å²) in [4.78, 5) is 0. The minimum Gasteiger partial charge on any atom is -0.487 e. The summed E-state index contributed by atoms with van der Waals surface area (Å²) in [6.45, 7) is 1.38. The van der Waals surface area contributed by atoms with Crippen LogP contribution in [0.25, 0.3) is 0 Å². The van der Waals surface area contributed by atoms with Crippen molar-refractivity contribution < 1.29 is 18.6 Å². The first-order valence-corrected chi connectivity index (χ1v) is 5.61. The normalized spacial score (nSPS) is 19.0. The van der Waals surface area contributed by atoms with Crippen LogP contribution in [0.5, 0.6) is 5.75 Å². The molecule has 0 saturated carbocycles. The van der Waals surface area contributed by atoms with Crippen molar-refractivity contribution in [3.63, 3.8) is 0 Å². The summed E-state index contributed by atoms with van der Waals surface area (Å²) in [6, 6.07) is 3.75. The van der Waals surface area contributed by atoms with Gasteiger partial charge < -0.3 is 15.2 Å². The molecule has 17 heavy (non-hydrogen) atoms. The Balaban J connectivity index is 1.99. The molecule has 1 saturated heterocycles. The zero-order chi connectivity index (χ0) is 12.3. The van der Waals surface area contributed by atoms with Crippen molar-refractivity contribution in [3.05, 3.63) is 29.8 Å². The van der Waals surface area contributed by atoms with Gasteiger partial charge in [0, 0.05) is 0 Å². The van der Waals surface area contributed by atoms with Crippen molar-refractivity contribution in [1.29, 1.82) is 0 Å². The molecule has 0 spiro atoms. The third kappa shape index (κ3) is 2.92. The quantitative estimate of drug-likeness (QED) is 0.844. The third-order valence-electron chi connectivity index (χ3n) is 2.95. The van der Waals surface area contributed by atoms with Gasteiger partial charge in [-0.2, -0.15) is 4.39 Å². The number of aliphatic hydroxyl groups is 1. The van der Waals surface area contributed by atoms with Crippen molar-refractivity contribution in [2.45, 2.75) is 18.4 Å². The predicted octanol–water partition coefficient (Wildman–Crippen LogP) is 1.46. The molecule has 5 heteroatoms. The van der Waals surface area contributed by atoms with Crippen molar-refractivity contribution in [3.8, 4) is 5.75 Å². The van der Waals surface area contributed by atoms with E-state index in [0.29, 0.717) is 25.9 Å².